The van der Waals surface area contributed by atoms with E-state index < -0.39 is 12.0 Å². The van der Waals surface area contributed by atoms with Crippen molar-refractivity contribution in [3.8, 4) is 17.2 Å². The number of carbonyl (C=O) groups excluding carboxylic acids is 1. The van der Waals surface area contributed by atoms with Gasteiger partial charge in [-0.1, -0.05) is 35.9 Å². The molecule has 4 rings (SSSR count). The van der Waals surface area contributed by atoms with Gasteiger partial charge in [-0.05, 0) is 61.4 Å². The summed E-state index contributed by atoms with van der Waals surface area (Å²) in [6.07, 6.45) is 7.33. The van der Waals surface area contributed by atoms with E-state index in [1.165, 1.54) is 11.0 Å². The molecule has 0 bridgehead atoms. The zero-order chi connectivity index (χ0) is 25.7. The summed E-state index contributed by atoms with van der Waals surface area (Å²) in [6.45, 7) is 4.31. The van der Waals surface area contributed by atoms with E-state index in [-0.39, 0.29) is 18.9 Å². The summed E-state index contributed by atoms with van der Waals surface area (Å²) in [5.74, 6) is 0.562. The van der Waals surface area contributed by atoms with E-state index in [0.717, 1.165) is 28.1 Å². The Kier molecular flexibility index (Phi) is 7.90. The van der Waals surface area contributed by atoms with E-state index in [1.54, 1.807) is 30.4 Å². The minimum Gasteiger partial charge on any atom is -0.493 e. The molecule has 0 spiro atoms. The van der Waals surface area contributed by atoms with Crippen LogP contribution in [0.1, 0.15) is 29.5 Å². The molecule has 2 heterocycles. The number of aryl methyl sites for hydroxylation is 1. The van der Waals surface area contributed by atoms with Gasteiger partial charge < -0.3 is 19.2 Å². The van der Waals surface area contributed by atoms with Gasteiger partial charge in [0.25, 0.3) is 0 Å². The molecule has 8 heteroatoms. The smallest absolute Gasteiger partial charge is 0.326 e. The Morgan fingerprint density at radius 2 is 1.97 bits per heavy atom. The number of benzene rings is 2. The average Bonchev–Trinajstić information content (AvgIpc) is 3.23. The van der Waals surface area contributed by atoms with Crippen LogP contribution in [0, 0.1) is 6.92 Å². The third kappa shape index (κ3) is 5.86. The van der Waals surface area contributed by atoms with Gasteiger partial charge in [-0.3, -0.25) is 4.79 Å². The van der Waals surface area contributed by atoms with E-state index in [1.807, 2.05) is 44.2 Å². The zero-order valence-corrected chi connectivity index (χ0v) is 20.9. The SMILES string of the molecule is C/C=C/C=C/C(=O)N1Cc2cc(OCCc3nc(-c4ccc(Cl)cc4)oc3C)ccc2C[C@H]1C(=O)O. The first-order valence-corrected chi connectivity index (χ1v) is 12.0. The van der Waals surface area contributed by atoms with Crippen molar-refractivity contribution in [2.24, 2.45) is 0 Å². The van der Waals surface area contributed by atoms with Crippen LogP contribution in [-0.4, -0.2) is 39.5 Å². The number of ether oxygens (including phenoxy) is 1. The Balaban J connectivity index is 1.42. The van der Waals surface area contributed by atoms with Crippen molar-refractivity contribution in [2.45, 2.75) is 39.3 Å². The Hall–Kier alpha value is -3.84. The number of carbonyl (C=O) groups is 2. The molecule has 0 unspecified atom stereocenters. The highest BCUT2D eigenvalue weighted by atomic mass is 35.5. The Labute approximate surface area is 214 Å². The number of allylic oxidation sites excluding steroid dienone is 3. The first-order chi connectivity index (χ1) is 17.4. The largest absolute Gasteiger partial charge is 0.493 e. The molecule has 0 saturated carbocycles. The number of carboxylic acid groups (broad SMARTS) is 1. The van der Waals surface area contributed by atoms with Gasteiger partial charge in [-0.25, -0.2) is 9.78 Å². The zero-order valence-electron chi connectivity index (χ0n) is 20.1. The van der Waals surface area contributed by atoms with Crippen molar-refractivity contribution >= 4 is 23.5 Å². The predicted molar refractivity (Wildman–Crippen MR) is 137 cm³/mol. The van der Waals surface area contributed by atoms with Gasteiger partial charge in [0.2, 0.25) is 11.8 Å². The van der Waals surface area contributed by atoms with E-state index in [4.69, 9.17) is 20.8 Å². The number of rotatable bonds is 8. The molecule has 1 aliphatic rings. The van der Waals surface area contributed by atoms with Crippen LogP contribution in [0.5, 0.6) is 5.75 Å². The van der Waals surface area contributed by atoms with Crippen LogP contribution in [0.15, 0.2) is 71.2 Å². The fraction of sp³-hybridized carbons (Fsp3) is 0.250. The molecule has 0 fully saturated rings. The Morgan fingerprint density at radius 1 is 1.19 bits per heavy atom. The molecular formula is C28H27ClN2O5. The van der Waals surface area contributed by atoms with E-state index in [2.05, 4.69) is 4.98 Å². The number of hydrogen-bond acceptors (Lipinski definition) is 5. The monoisotopic (exact) mass is 506 g/mol. The maximum absolute atomic E-state index is 12.7. The summed E-state index contributed by atoms with van der Waals surface area (Å²) < 4.78 is 11.8. The number of oxazole rings is 1. The third-order valence-electron chi connectivity index (χ3n) is 6.01. The first-order valence-electron chi connectivity index (χ1n) is 11.7. The first kappa shape index (κ1) is 25.3. The number of halogens is 1. The second-order valence-electron chi connectivity index (χ2n) is 8.47. The molecule has 2 aromatic carbocycles. The highest BCUT2D eigenvalue weighted by Gasteiger charge is 2.33. The van der Waals surface area contributed by atoms with E-state index in [9.17, 15) is 14.7 Å². The van der Waals surface area contributed by atoms with Crippen LogP contribution in [0.3, 0.4) is 0 Å². The van der Waals surface area contributed by atoms with Crippen molar-refractivity contribution in [1.82, 2.24) is 9.88 Å². The third-order valence-corrected chi connectivity index (χ3v) is 6.26. The van der Waals surface area contributed by atoms with Crippen LogP contribution < -0.4 is 4.74 Å². The molecule has 186 valence electrons. The van der Waals surface area contributed by atoms with Crippen LogP contribution in [0.25, 0.3) is 11.5 Å². The summed E-state index contributed by atoms with van der Waals surface area (Å²) >= 11 is 5.96. The lowest BCUT2D eigenvalue weighted by molar-refractivity contribution is -0.149. The van der Waals surface area contributed by atoms with Crippen molar-refractivity contribution in [3.63, 3.8) is 0 Å². The summed E-state index contributed by atoms with van der Waals surface area (Å²) in [4.78, 5) is 30.4. The highest BCUT2D eigenvalue weighted by Crippen LogP contribution is 2.28. The van der Waals surface area contributed by atoms with E-state index in [0.29, 0.717) is 29.7 Å². The maximum Gasteiger partial charge on any atom is 0.326 e. The fourth-order valence-electron chi connectivity index (χ4n) is 4.09. The van der Waals surface area contributed by atoms with E-state index >= 15 is 0 Å². The summed E-state index contributed by atoms with van der Waals surface area (Å²) in [6, 6.07) is 12.0. The van der Waals surface area contributed by atoms with Gasteiger partial charge in [0.1, 0.15) is 17.6 Å². The fourth-order valence-corrected chi connectivity index (χ4v) is 4.21. The van der Waals surface area contributed by atoms with Crippen LogP contribution in [0.4, 0.5) is 0 Å². The highest BCUT2D eigenvalue weighted by molar-refractivity contribution is 6.30. The standard InChI is InChI=1S/C28H27ClN2O5/c1-3-4-5-6-26(32)31-17-21-15-23(12-9-20(21)16-25(31)28(33)34)35-14-13-24-18(2)36-27(30-24)19-7-10-22(29)11-8-19/h3-12,15,25H,13-14,16-17H2,1-2H3,(H,33,34)/b4-3+,6-5+/t25-/m0/s1. The molecule has 1 aliphatic heterocycles. The molecule has 1 aromatic heterocycles. The minimum absolute atomic E-state index is 0.204. The molecule has 7 nitrogen and oxygen atoms in total. The van der Waals surface area contributed by atoms with Gasteiger partial charge in [0, 0.05) is 36.0 Å². The number of nitrogens with zero attached hydrogens (tertiary/aromatic N) is 2. The number of carboxylic acids is 1. The molecule has 1 amide bonds. The number of fused-ring (bicyclic) bond motifs is 1. The Bertz CT molecular complexity index is 1310. The van der Waals surface area contributed by atoms with Crippen LogP contribution in [-0.2, 0) is 29.0 Å². The summed E-state index contributed by atoms with van der Waals surface area (Å²) in [7, 11) is 0. The van der Waals surface area contributed by atoms with Crippen molar-refractivity contribution < 1.29 is 23.8 Å². The van der Waals surface area contributed by atoms with Crippen molar-refractivity contribution in [3.05, 3.63) is 94.4 Å². The van der Waals surface area contributed by atoms with Crippen LogP contribution in [0.2, 0.25) is 5.02 Å². The lowest BCUT2D eigenvalue weighted by Crippen LogP contribution is -2.48. The van der Waals surface area contributed by atoms with Gasteiger partial charge in [-0.2, -0.15) is 0 Å². The van der Waals surface area contributed by atoms with Gasteiger partial charge >= 0.3 is 5.97 Å². The summed E-state index contributed by atoms with van der Waals surface area (Å²) in [5, 5.41) is 10.3. The van der Waals surface area contributed by atoms with Crippen LogP contribution >= 0.6 is 11.6 Å². The second kappa shape index (κ2) is 11.3. The second-order valence-corrected chi connectivity index (χ2v) is 8.90. The molecule has 36 heavy (non-hydrogen) atoms. The van der Waals surface area contributed by atoms with Crippen molar-refractivity contribution in [1.29, 1.82) is 0 Å². The molecule has 0 saturated heterocycles. The quantitative estimate of drug-likeness (QED) is 0.325. The van der Waals surface area contributed by atoms with Gasteiger partial charge in [0.05, 0.1) is 12.3 Å². The average molecular weight is 507 g/mol. The number of amides is 1. The topological polar surface area (TPSA) is 92.9 Å². The minimum atomic E-state index is -1.02. The lowest BCUT2D eigenvalue weighted by atomic mass is 9.93. The predicted octanol–water partition coefficient (Wildman–Crippen LogP) is 5.40. The van der Waals surface area contributed by atoms with Gasteiger partial charge in [-0.15, -0.1) is 0 Å². The lowest BCUT2D eigenvalue weighted by Gasteiger charge is -2.34. The molecular weight excluding hydrogens is 480 g/mol. The normalized spacial score (nSPS) is 15.4. The molecule has 0 aliphatic carbocycles. The maximum atomic E-state index is 12.7. The Morgan fingerprint density at radius 3 is 2.69 bits per heavy atom. The van der Waals surface area contributed by atoms with Gasteiger partial charge in [0.15, 0.2) is 0 Å². The molecule has 3 aromatic rings. The number of aromatic nitrogens is 1. The number of hydrogen-bond donors (Lipinski definition) is 1. The summed E-state index contributed by atoms with van der Waals surface area (Å²) in [5.41, 5.74) is 3.44. The molecule has 1 N–H and O–H groups in total. The molecule has 1 atom stereocenters. The number of aliphatic carboxylic acids is 1. The van der Waals surface area contributed by atoms with Crippen molar-refractivity contribution in [2.75, 3.05) is 6.61 Å². The molecule has 0 radical (unpaired) electrons.